The fourth-order valence-electron chi connectivity index (χ4n) is 4.18. The maximum atomic E-state index is 12.3. The summed E-state index contributed by atoms with van der Waals surface area (Å²) >= 11 is 0. The van der Waals surface area contributed by atoms with Gasteiger partial charge in [-0.15, -0.1) is 0 Å². The van der Waals surface area contributed by atoms with Gasteiger partial charge in [-0.25, -0.2) is 4.79 Å². The molecule has 0 N–H and O–H groups in total. The van der Waals surface area contributed by atoms with Crippen LogP contribution in [0, 0.1) is 22.7 Å². The predicted octanol–water partition coefficient (Wildman–Crippen LogP) is 3.66. The summed E-state index contributed by atoms with van der Waals surface area (Å²) in [4.78, 5) is 16.5. The highest BCUT2D eigenvalue weighted by atomic mass is 16.6. The number of rotatable bonds is 2. The number of hydrogen-bond donors (Lipinski definition) is 0. The van der Waals surface area contributed by atoms with E-state index in [-0.39, 0.29) is 17.4 Å². The Balaban J connectivity index is 1.61. The van der Waals surface area contributed by atoms with Crippen LogP contribution in [0.15, 0.2) is 30.3 Å². The standard InChI is InChI=1S/C21H29N3O2/c1-20(2,3)26-19(25)24-11-9-21(10-12-24)16-23(15-18(21)13-22)14-17-7-5-4-6-8-17/h4-8,18H,9-12,14-16H2,1-3H3/t18-/m1/s1. The number of nitrogens with zero attached hydrogens (tertiary/aromatic N) is 3. The highest BCUT2D eigenvalue weighted by molar-refractivity contribution is 5.68. The molecule has 140 valence electrons. The third-order valence-electron chi connectivity index (χ3n) is 5.53. The molecule has 1 amide bonds. The number of nitriles is 1. The van der Waals surface area contributed by atoms with E-state index >= 15 is 0 Å². The summed E-state index contributed by atoms with van der Waals surface area (Å²) in [5.41, 5.74) is 0.816. The third kappa shape index (κ3) is 4.19. The lowest BCUT2D eigenvalue weighted by Crippen LogP contribution is -2.47. The summed E-state index contributed by atoms with van der Waals surface area (Å²) in [5.74, 6) is 0.0343. The van der Waals surface area contributed by atoms with Gasteiger partial charge in [-0.3, -0.25) is 4.90 Å². The van der Waals surface area contributed by atoms with Crippen molar-refractivity contribution < 1.29 is 9.53 Å². The van der Waals surface area contributed by atoms with Crippen LogP contribution in [0.3, 0.4) is 0 Å². The van der Waals surface area contributed by atoms with Gasteiger partial charge >= 0.3 is 6.09 Å². The fraction of sp³-hybridized carbons (Fsp3) is 0.619. The van der Waals surface area contributed by atoms with Gasteiger partial charge in [0.05, 0.1) is 12.0 Å². The van der Waals surface area contributed by atoms with Crippen LogP contribution >= 0.6 is 0 Å². The molecule has 2 aliphatic heterocycles. The molecule has 0 bridgehead atoms. The van der Waals surface area contributed by atoms with Gasteiger partial charge in [-0.2, -0.15) is 5.26 Å². The Morgan fingerprint density at radius 2 is 1.92 bits per heavy atom. The summed E-state index contributed by atoms with van der Waals surface area (Å²) in [7, 11) is 0. The highest BCUT2D eigenvalue weighted by Crippen LogP contribution is 2.45. The molecule has 0 aromatic heterocycles. The normalized spacial score (nSPS) is 23.0. The minimum atomic E-state index is -0.471. The van der Waals surface area contributed by atoms with E-state index < -0.39 is 5.60 Å². The summed E-state index contributed by atoms with van der Waals surface area (Å²) in [6.45, 7) is 9.65. The minimum absolute atomic E-state index is 0.00203. The first-order valence-electron chi connectivity index (χ1n) is 9.45. The molecular formula is C21H29N3O2. The van der Waals surface area contributed by atoms with Crippen molar-refractivity contribution in [2.45, 2.75) is 45.8 Å². The Hall–Kier alpha value is -2.06. The molecule has 5 heteroatoms. The summed E-state index contributed by atoms with van der Waals surface area (Å²) in [6.07, 6.45) is 1.51. The molecular weight excluding hydrogens is 326 g/mol. The van der Waals surface area contributed by atoms with E-state index in [1.807, 2.05) is 26.8 Å². The third-order valence-corrected chi connectivity index (χ3v) is 5.53. The number of carbonyl (C=O) groups excluding carboxylic acids is 1. The Morgan fingerprint density at radius 1 is 1.27 bits per heavy atom. The van der Waals surface area contributed by atoms with Gasteiger partial charge in [0.15, 0.2) is 0 Å². The second-order valence-electron chi connectivity index (χ2n) is 8.67. The van der Waals surface area contributed by atoms with Crippen LogP contribution in [0.4, 0.5) is 4.79 Å². The fourth-order valence-corrected chi connectivity index (χ4v) is 4.18. The molecule has 1 atom stereocenters. The number of ether oxygens (including phenoxy) is 1. The summed E-state index contributed by atoms with van der Waals surface area (Å²) in [5, 5.41) is 9.71. The van der Waals surface area contributed by atoms with Crippen molar-refractivity contribution in [3.63, 3.8) is 0 Å². The van der Waals surface area contributed by atoms with Crippen LogP contribution in [-0.4, -0.2) is 47.7 Å². The lowest BCUT2D eigenvalue weighted by molar-refractivity contribution is 0.00836. The molecule has 1 aromatic carbocycles. The van der Waals surface area contributed by atoms with Crippen molar-refractivity contribution in [3.05, 3.63) is 35.9 Å². The first-order valence-corrected chi connectivity index (χ1v) is 9.45. The average Bonchev–Trinajstić information content (AvgIpc) is 2.91. The van der Waals surface area contributed by atoms with Crippen LogP contribution in [0.1, 0.15) is 39.2 Å². The molecule has 2 aliphatic rings. The molecule has 2 fully saturated rings. The maximum absolute atomic E-state index is 12.3. The topological polar surface area (TPSA) is 56.6 Å². The van der Waals surface area contributed by atoms with Gasteiger partial charge in [-0.1, -0.05) is 30.3 Å². The SMILES string of the molecule is CC(C)(C)OC(=O)N1CCC2(CC1)CN(Cc1ccccc1)C[C@H]2C#N. The molecule has 0 saturated carbocycles. The molecule has 2 heterocycles. The van der Waals surface area contributed by atoms with Crippen LogP contribution in [0.5, 0.6) is 0 Å². The zero-order chi connectivity index (χ0) is 18.8. The first kappa shape index (κ1) is 18.7. The molecule has 3 rings (SSSR count). The van der Waals surface area contributed by atoms with E-state index in [4.69, 9.17) is 4.74 Å². The number of benzene rings is 1. The van der Waals surface area contributed by atoms with Crippen LogP contribution < -0.4 is 0 Å². The van der Waals surface area contributed by atoms with Crippen molar-refractivity contribution in [3.8, 4) is 6.07 Å². The second kappa shape index (κ2) is 7.28. The van der Waals surface area contributed by atoms with E-state index in [0.29, 0.717) is 13.1 Å². The van der Waals surface area contributed by atoms with Gasteiger partial charge in [0.1, 0.15) is 5.60 Å². The van der Waals surface area contributed by atoms with Crippen LogP contribution in [0.25, 0.3) is 0 Å². The Labute approximate surface area is 156 Å². The van der Waals surface area contributed by atoms with Gasteiger partial charge in [-0.05, 0) is 39.2 Å². The van der Waals surface area contributed by atoms with E-state index in [9.17, 15) is 10.1 Å². The molecule has 5 nitrogen and oxygen atoms in total. The van der Waals surface area contributed by atoms with Gasteiger partial charge in [0.25, 0.3) is 0 Å². The van der Waals surface area contributed by atoms with Gasteiger partial charge < -0.3 is 9.64 Å². The molecule has 2 saturated heterocycles. The number of piperidine rings is 1. The number of hydrogen-bond acceptors (Lipinski definition) is 4. The molecule has 26 heavy (non-hydrogen) atoms. The molecule has 0 radical (unpaired) electrons. The Kier molecular flexibility index (Phi) is 5.24. The van der Waals surface area contributed by atoms with Crippen molar-refractivity contribution in [2.24, 2.45) is 11.3 Å². The van der Waals surface area contributed by atoms with Gasteiger partial charge in [0.2, 0.25) is 0 Å². The zero-order valence-corrected chi connectivity index (χ0v) is 16.1. The maximum Gasteiger partial charge on any atom is 0.410 e. The minimum Gasteiger partial charge on any atom is -0.444 e. The molecule has 0 unspecified atom stereocenters. The van der Waals surface area contributed by atoms with Gasteiger partial charge in [0, 0.05) is 38.1 Å². The number of carbonyl (C=O) groups is 1. The van der Waals surface area contributed by atoms with Crippen LogP contribution in [0.2, 0.25) is 0 Å². The molecule has 1 aromatic rings. The molecule has 1 spiro atoms. The Bertz CT molecular complexity index is 667. The smallest absolute Gasteiger partial charge is 0.410 e. The number of amides is 1. The lowest BCUT2D eigenvalue weighted by Gasteiger charge is -2.41. The van der Waals surface area contributed by atoms with Crippen molar-refractivity contribution >= 4 is 6.09 Å². The summed E-state index contributed by atoms with van der Waals surface area (Å²) in [6, 6.07) is 13.0. The van der Waals surface area contributed by atoms with E-state index in [0.717, 1.165) is 32.5 Å². The monoisotopic (exact) mass is 355 g/mol. The van der Waals surface area contributed by atoms with Crippen molar-refractivity contribution in [1.29, 1.82) is 5.26 Å². The second-order valence-corrected chi connectivity index (χ2v) is 8.67. The highest BCUT2D eigenvalue weighted by Gasteiger charge is 2.48. The molecule has 0 aliphatic carbocycles. The van der Waals surface area contributed by atoms with Crippen molar-refractivity contribution in [1.82, 2.24) is 9.80 Å². The van der Waals surface area contributed by atoms with E-state index in [2.05, 4.69) is 35.2 Å². The first-order chi connectivity index (χ1) is 12.3. The lowest BCUT2D eigenvalue weighted by atomic mass is 9.71. The van der Waals surface area contributed by atoms with Crippen LogP contribution in [-0.2, 0) is 11.3 Å². The summed E-state index contributed by atoms with van der Waals surface area (Å²) < 4.78 is 5.49. The Morgan fingerprint density at radius 3 is 2.50 bits per heavy atom. The predicted molar refractivity (Wildman–Crippen MR) is 100 cm³/mol. The van der Waals surface area contributed by atoms with E-state index in [1.165, 1.54) is 5.56 Å². The largest absolute Gasteiger partial charge is 0.444 e. The quantitative estimate of drug-likeness (QED) is 0.812. The average molecular weight is 355 g/mol. The number of likely N-dealkylation sites (tertiary alicyclic amines) is 2. The van der Waals surface area contributed by atoms with E-state index in [1.54, 1.807) is 4.90 Å². The zero-order valence-electron chi connectivity index (χ0n) is 16.1. The van der Waals surface area contributed by atoms with Crippen molar-refractivity contribution in [2.75, 3.05) is 26.2 Å².